The van der Waals surface area contributed by atoms with Crippen molar-refractivity contribution < 1.29 is 9.53 Å². The van der Waals surface area contributed by atoms with E-state index in [0.717, 1.165) is 42.0 Å². The molecule has 0 aromatic heterocycles. The van der Waals surface area contributed by atoms with Crippen LogP contribution in [0.2, 0.25) is 0 Å². The van der Waals surface area contributed by atoms with Gasteiger partial charge in [-0.25, -0.2) is 0 Å². The molecule has 0 bridgehead atoms. The standard InChI is InChI=1S/C18H19NO2/c1-13-8-10-15(11-9-13)18(20)19-12-4-6-14-5-3-7-16(21-2)17(14)19/h3,5,7-11H,4,6,12H2,1-2H3. The summed E-state index contributed by atoms with van der Waals surface area (Å²) in [5, 5.41) is 0. The van der Waals surface area contributed by atoms with Crippen LogP contribution in [-0.2, 0) is 6.42 Å². The third-order valence-electron chi connectivity index (χ3n) is 3.94. The van der Waals surface area contributed by atoms with Crippen LogP contribution >= 0.6 is 0 Å². The van der Waals surface area contributed by atoms with Crippen molar-refractivity contribution in [1.82, 2.24) is 0 Å². The van der Waals surface area contributed by atoms with Crippen LogP contribution in [-0.4, -0.2) is 19.6 Å². The number of ether oxygens (including phenoxy) is 1. The van der Waals surface area contributed by atoms with E-state index >= 15 is 0 Å². The molecule has 0 saturated heterocycles. The van der Waals surface area contributed by atoms with Crippen LogP contribution in [0.5, 0.6) is 5.75 Å². The summed E-state index contributed by atoms with van der Waals surface area (Å²) in [6.45, 7) is 2.76. The molecule has 0 N–H and O–H groups in total. The summed E-state index contributed by atoms with van der Waals surface area (Å²) < 4.78 is 5.45. The number of rotatable bonds is 2. The molecule has 1 aliphatic rings. The van der Waals surface area contributed by atoms with Crippen molar-refractivity contribution in [3.8, 4) is 5.75 Å². The molecular formula is C18H19NO2. The first-order valence-electron chi connectivity index (χ1n) is 7.25. The van der Waals surface area contributed by atoms with Gasteiger partial charge in [-0.15, -0.1) is 0 Å². The van der Waals surface area contributed by atoms with Crippen molar-refractivity contribution in [3.05, 3.63) is 59.2 Å². The number of benzene rings is 2. The molecular weight excluding hydrogens is 262 g/mol. The highest BCUT2D eigenvalue weighted by Crippen LogP contribution is 2.36. The lowest BCUT2D eigenvalue weighted by atomic mass is 10.00. The summed E-state index contributed by atoms with van der Waals surface area (Å²) in [7, 11) is 1.65. The Labute approximate surface area is 125 Å². The average Bonchev–Trinajstić information content (AvgIpc) is 2.53. The van der Waals surface area contributed by atoms with E-state index in [1.807, 2.05) is 48.2 Å². The Bertz CT molecular complexity index is 647. The van der Waals surface area contributed by atoms with Gasteiger partial charge < -0.3 is 9.64 Å². The number of methoxy groups -OCH3 is 1. The quantitative estimate of drug-likeness (QED) is 0.841. The maximum absolute atomic E-state index is 12.8. The van der Waals surface area contributed by atoms with Gasteiger partial charge in [-0.05, 0) is 43.5 Å². The van der Waals surface area contributed by atoms with Gasteiger partial charge in [0.1, 0.15) is 5.75 Å². The summed E-state index contributed by atoms with van der Waals surface area (Å²) in [4.78, 5) is 14.7. The molecule has 2 aromatic rings. The van der Waals surface area contributed by atoms with E-state index < -0.39 is 0 Å². The van der Waals surface area contributed by atoms with E-state index in [1.54, 1.807) is 7.11 Å². The number of aryl methyl sites for hydroxylation is 2. The van der Waals surface area contributed by atoms with Crippen LogP contribution < -0.4 is 9.64 Å². The lowest BCUT2D eigenvalue weighted by Gasteiger charge is -2.31. The largest absolute Gasteiger partial charge is 0.495 e. The van der Waals surface area contributed by atoms with Crippen molar-refractivity contribution in [2.75, 3.05) is 18.6 Å². The Morgan fingerprint density at radius 3 is 2.62 bits per heavy atom. The van der Waals surface area contributed by atoms with Gasteiger partial charge in [0.2, 0.25) is 0 Å². The molecule has 0 saturated carbocycles. The van der Waals surface area contributed by atoms with E-state index in [-0.39, 0.29) is 5.91 Å². The molecule has 0 atom stereocenters. The number of hydrogen-bond acceptors (Lipinski definition) is 2. The minimum atomic E-state index is 0.0421. The number of carbonyl (C=O) groups excluding carboxylic acids is 1. The molecule has 3 nitrogen and oxygen atoms in total. The monoisotopic (exact) mass is 281 g/mol. The van der Waals surface area contributed by atoms with Gasteiger partial charge in [-0.2, -0.15) is 0 Å². The molecule has 0 radical (unpaired) electrons. The summed E-state index contributed by atoms with van der Waals surface area (Å²) >= 11 is 0. The first-order chi connectivity index (χ1) is 10.2. The maximum atomic E-state index is 12.8. The van der Waals surface area contributed by atoms with Gasteiger partial charge >= 0.3 is 0 Å². The smallest absolute Gasteiger partial charge is 0.258 e. The van der Waals surface area contributed by atoms with Crippen molar-refractivity contribution in [1.29, 1.82) is 0 Å². The highest BCUT2D eigenvalue weighted by molar-refractivity contribution is 6.07. The lowest BCUT2D eigenvalue weighted by Crippen LogP contribution is -2.35. The van der Waals surface area contributed by atoms with Crippen LogP contribution in [0.4, 0.5) is 5.69 Å². The minimum Gasteiger partial charge on any atom is -0.495 e. The average molecular weight is 281 g/mol. The number of amides is 1. The Balaban J connectivity index is 2.01. The Morgan fingerprint density at radius 1 is 1.14 bits per heavy atom. The number of anilines is 1. The summed E-state index contributed by atoms with van der Waals surface area (Å²) in [6.07, 6.45) is 1.97. The molecule has 1 heterocycles. The molecule has 1 aliphatic heterocycles. The fourth-order valence-electron chi connectivity index (χ4n) is 2.84. The molecule has 0 unspecified atom stereocenters. The van der Waals surface area contributed by atoms with Gasteiger partial charge in [0.15, 0.2) is 0 Å². The lowest BCUT2D eigenvalue weighted by molar-refractivity contribution is 0.0984. The van der Waals surface area contributed by atoms with Crippen LogP contribution in [0.1, 0.15) is 27.9 Å². The van der Waals surface area contributed by atoms with Crippen LogP contribution in [0, 0.1) is 6.92 Å². The van der Waals surface area contributed by atoms with E-state index in [1.165, 1.54) is 5.56 Å². The fraction of sp³-hybridized carbons (Fsp3) is 0.278. The van der Waals surface area contributed by atoms with E-state index in [2.05, 4.69) is 6.07 Å². The number of fused-ring (bicyclic) bond motifs is 1. The second-order valence-corrected chi connectivity index (χ2v) is 5.39. The first-order valence-corrected chi connectivity index (χ1v) is 7.25. The summed E-state index contributed by atoms with van der Waals surface area (Å²) in [5.41, 5.74) is 3.99. The molecule has 1 amide bonds. The van der Waals surface area contributed by atoms with Crippen molar-refractivity contribution in [2.45, 2.75) is 19.8 Å². The summed E-state index contributed by atoms with van der Waals surface area (Å²) in [6, 6.07) is 13.7. The van der Waals surface area contributed by atoms with Crippen LogP contribution in [0.3, 0.4) is 0 Å². The highest BCUT2D eigenvalue weighted by Gasteiger charge is 2.26. The second-order valence-electron chi connectivity index (χ2n) is 5.39. The molecule has 2 aromatic carbocycles. The number of nitrogens with zero attached hydrogens (tertiary/aromatic N) is 1. The molecule has 0 fully saturated rings. The second kappa shape index (κ2) is 5.60. The van der Waals surface area contributed by atoms with Crippen LogP contribution in [0.25, 0.3) is 0 Å². The topological polar surface area (TPSA) is 29.5 Å². The zero-order valence-corrected chi connectivity index (χ0v) is 12.4. The molecule has 3 heteroatoms. The number of carbonyl (C=O) groups is 1. The van der Waals surface area contributed by atoms with Crippen molar-refractivity contribution in [2.24, 2.45) is 0 Å². The van der Waals surface area contributed by atoms with Gasteiger partial charge in [-0.3, -0.25) is 4.79 Å². The van der Waals surface area contributed by atoms with Gasteiger partial charge in [0, 0.05) is 12.1 Å². The molecule has 0 spiro atoms. The first kappa shape index (κ1) is 13.7. The van der Waals surface area contributed by atoms with Gasteiger partial charge in [-0.1, -0.05) is 29.8 Å². The fourth-order valence-corrected chi connectivity index (χ4v) is 2.84. The van der Waals surface area contributed by atoms with Crippen molar-refractivity contribution in [3.63, 3.8) is 0 Å². The maximum Gasteiger partial charge on any atom is 0.258 e. The minimum absolute atomic E-state index is 0.0421. The zero-order chi connectivity index (χ0) is 14.8. The highest BCUT2D eigenvalue weighted by atomic mass is 16.5. The Hall–Kier alpha value is -2.29. The van der Waals surface area contributed by atoms with Crippen molar-refractivity contribution >= 4 is 11.6 Å². The van der Waals surface area contributed by atoms with Crippen LogP contribution in [0.15, 0.2) is 42.5 Å². The third kappa shape index (κ3) is 2.51. The SMILES string of the molecule is COc1cccc2c1N(C(=O)c1ccc(C)cc1)CCC2. The van der Waals surface area contributed by atoms with E-state index in [9.17, 15) is 4.79 Å². The van der Waals surface area contributed by atoms with Gasteiger partial charge in [0.25, 0.3) is 5.91 Å². The number of para-hydroxylation sites is 1. The normalized spacial score (nSPS) is 13.7. The van der Waals surface area contributed by atoms with E-state index in [0.29, 0.717) is 0 Å². The summed E-state index contributed by atoms with van der Waals surface area (Å²) in [5.74, 6) is 0.813. The van der Waals surface area contributed by atoms with Gasteiger partial charge in [0.05, 0.1) is 12.8 Å². The number of hydrogen-bond donors (Lipinski definition) is 0. The predicted molar refractivity (Wildman–Crippen MR) is 84.2 cm³/mol. The third-order valence-corrected chi connectivity index (χ3v) is 3.94. The predicted octanol–water partition coefficient (Wildman–Crippen LogP) is 3.60. The van der Waals surface area contributed by atoms with E-state index in [4.69, 9.17) is 4.74 Å². The molecule has 108 valence electrons. The Kier molecular flexibility index (Phi) is 3.65. The molecule has 21 heavy (non-hydrogen) atoms. The molecule has 0 aliphatic carbocycles. The zero-order valence-electron chi connectivity index (χ0n) is 12.4. The molecule has 3 rings (SSSR count). The Morgan fingerprint density at radius 2 is 1.90 bits per heavy atom.